The molecule has 0 aliphatic carbocycles. The molecule has 0 aromatic heterocycles. The molecule has 2 saturated heterocycles. The molecule has 0 spiro atoms. The monoisotopic (exact) mass is 382 g/mol. The van der Waals surface area contributed by atoms with Gasteiger partial charge in [0.1, 0.15) is 5.75 Å². The number of amides is 1. The van der Waals surface area contributed by atoms with Gasteiger partial charge in [-0.2, -0.15) is 0 Å². The summed E-state index contributed by atoms with van der Waals surface area (Å²) in [6, 6.07) is 5.36. The minimum Gasteiger partial charge on any atom is -0.497 e. The number of fused-ring (bicyclic) bond motifs is 1. The Morgan fingerprint density at radius 3 is 2.69 bits per heavy atom. The fourth-order valence-electron chi connectivity index (χ4n) is 4.10. The van der Waals surface area contributed by atoms with Crippen molar-refractivity contribution >= 4 is 15.9 Å². The van der Waals surface area contributed by atoms with Crippen LogP contribution in [0.15, 0.2) is 18.2 Å². The van der Waals surface area contributed by atoms with Crippen LogP contribution >= 0.6 is 0 Å². The van der Waals surface area contributed by atoms with Gasteiger partial charge in [0.05, 0.1) is 20.0 Å². The average Bonchev–Trinajstić information content (AvgIpc) is 3.00. The summed E-state index contributed by atoms with van der Waals surface area (Å²) in [5.74, 6) is 0.588. The predicted molar refractivity (Wildman–Crippen MR) is 97.7 cm³/mol. The molecule has 2 fully saturated rings. The number of carbonyl (C=O) groups excluding carboxylic acids is 1. The van der Waals surface area contributed by atoms with Gasteiger partial charge in [0, 0.05) is 37.2 Å². The molecule has 144 valence electrons. The first kappa shape index (κ1) is 19.1. The summed E-state index contributed by atoms with van der Waals surface area (Å²) in [5, 5.41) is 9.94. The van der Waals surface area contributed by atoms with Crippen LogP contribution in [0.5, 0.6) is 5.75 Å². The summed E-state index contributed by atoms with van der Waals surface area (Å²) in [6.07, 6.45) is 1.79. The van der Waals surface area contributed by atoms with Crippen molar-refractivity contribution in [3.8, 4) is 5.75 Å². The van der Waals surface area contributed by atoms with Crippen molar-refractivity contribution in [3.63, 3.8) is 0 Å². The van der Waals surface area contributed by atoms with Gasteiger partial charge in [-0.1, -0.05) is 0 Å². The van der Waals surface area contributed by atoms with Crippen molar-refractivity contribution in [1.29, 1.82) is 0 Å². The van der Waals surface area contributed by atoms with Crippen molar-refractivity contribution in [2.45, 2.75) is 13.3 Å². The molecule has 0 unspecified atom stereocenters. The van der Waals surface area contributed by atoms with Gasteiger partial charge in [-0.05, 0) is 43.0 Å². The van der Waals surface area contributed by atoms with Crippen molar-refractivity contribution in [1.82, 2.24) is 9.21 Å². The lowest BCUT2D eigenvalue weighted by Gasteiger charge is -2.42. The molecule has 0 saturated carbocycles. The number of sulfonamides is 1. The second-order valence-corrected chi connectivity index (χ2v) is 9.44. The fourth-order valence-corrected chi connectivity index (χ4v) is 5.04. The number of benzene rings is 1. The summed E-state index contributed by atoms with van der Waals surface area (Å²) >= 11 is 0. The van der Waals surface area contributed by atoms with Gasteiger partial charge in [0.2, 0.25) is 10.0 Å². The Bertz CT molecular complexity index is 810. The van der Waals surface area contributed by atoms with Gasteiger partial charge in [-0.3, -0.25) is 4.79 Å². The van der Waals surface area contributed by atoms with E-state index in [9.17, 15) is 18.3 Å². The molecule has 26 heavy (non-hydrogen) atoms. The third kappa shape index (κ3) is 3.33. The van der Waals surface area contributed by atoms with Crippen LogP contribution in [0, 0.1) is 18.3 Å². The van der Waals surface area contributed by atoms with E-state index in [1.54, 1.807) is 24.1 Å². The lowest BCUT2D eigenvalue weighted by atomic mass is 9.73. The zero-order valence-electron chi connectivity index (χ0n) is 15.4. The molecule has 8 heteroatoms. The van der Waals surface area contributed by atoms with E-state index in [1.807, 2.05) is 13.0 Å². The lowest BCUT2D eigenvalue weighted by molar-refractivity contribution is 0.0185. The van der Waals surface area contributed by atoms with Crippen molar-refractivity contribution in [2.75, 3.05) is 46.2 Å². The minimum atomic E-state index is -3.31. The standard InChI is InChI=1S/C18H26N2O5S/c1-13-8-15(25-2)4-5-16(13)17(22)19-7-6-18(12-21)11-20(26(3,23)24)10-14(18)9-19/h4-5,8,14,21H,6-7,9-12H2,1-3H3/t14-,18+/m1/s1. The SMILES string of the molecule is COc1ccc(C(=O)N2CC[C@@]3(CO)CN(S(C)(=O)=O)C[C@H]3C2)c(C)c1. The van der Waals surface area contributed by atoms with E-state index in [1.165, 1.54) is 10.6 Å². The molecule has 7 nitrogen and oxygen atoms in total. The summed E-state index contributed by atoms with van der Waals surface area (Å²) < 4.78 is 30.5. The van der Waals surface area contributed by atoms with E-state index < -0.39 is 15.4 Å². The second kappa shape index (κ2) is 6.83. The summed E-state index contributed by atoms with van der Waals surface area (Å²) in [5.41, 5.74) is 1.02. The number of carbonyl (C=O) groups is 1. The highest BCUT2D eigenvalue weighted by Gasteiger charge is 2.51. The smallest absolute Gasteiger partial charge is 0.254 e. The highest BCUT2D eigenvalue weighted by Crippen LogP contribution is 2.43. The van der Waals surface area contributed by atoms with E-state index in [0.717, 1.165) is 5.56 Å². The zero-order chi connectivity index (χ0) is 19.1. The lowest BCUT2D eigenvalue weighted by Crippen LogP contribution is -2.50. The summed E-state index contributed by atoms with van der Waals surface area (Å²) in [7, 11) is -1.72. The van der Waals surface area contributed by atoms with Crippen LogP contribution in [0.4, 0.5) is 0 Å². The van der Waals surface area contributed by atoms with E-state index in [0.29, 0.717) is 43.9 Å². The Morgan fingerprint density at radius 2 is 2.12 bits per heavy atom. The summed E-state index contributed by atoms with van der Waals surface area (Å²) in [6.45, 7) is 3.46. The van der Waals surface area contributed by atoms with Gasteiger partial charge >= 0.3 is 0 Å². The molecule has 2 aliphatic rings. The molecule has 1 N–H and O–H groups in total. The number of hydrogen-bond acceptors (Lipinski definition) is 5. The highest BCUT2D eigenvalue weighted by molar-refractivity contribution is 7.88. The molecular weight excluding hydrogens is 356 g/mol. The van der Waals surface area contributed by atoms with E-state index >= 15 is 0 Å². The maximum Gasteiger partial charge on any atom is 0.254 e. The topological polar surface area (TPSA) is 87.2 Å². The number of ether oxygens (including phenoxy) is 1. The molecule has 2 heterocycles. The Hall–Kier alpha value is -1.64. The molecular formula is C18H26N2O5S. The Morgan fingerprint density at radius 1 is 1.38 bits per heavy atom. The third-order valence-electron chi connectivity index (χ3n) is 5.84. The number of hydrogen-bond donors (Lipinski definition) is 1. The first-order valence-electron chi connectivity index (χ1n) is 8.70. The largest absolute Gasteiger partial charge is 0.497 e. The van der Waals surface area contributed by atoms with Gasteiger partial charge in [0.15, 0.2) is 0 Å². The normalized spacial score (nSPS) is 26.6. The number of piperidine rings is 1. The second-order valence-electron chi connectivity index (χ2n) is 7.45. The molecule has 1 aromatic carbocycles. The number of aliphatic hydroxyl groups is 1. The van der Waals surface area contributed by atoms with Crippen molar-refractivity contribution in [3.05, 3.63) is 29.3 Å². The van der Waals surface area contributed by atoms with E-state index in [-0.39, 0.29) is 18.4 Å². The Balaban J connectivity index is 1.80. The van der Waals surface area contributed by atoms with Crippen molar-refractivity contribution in [2.24, 2.45) is 11.3 Å². The van der Waals surface area contributed by atoms with Crippen LogP contribution in [-0.2, 0) is 10.0 Å². The van der Waals surface area contributed by atoms with Crippen LogP contribution in [0.25, 0.3) is 0 Å². The average molecular weight is 382 g/mol. The van der Waals surface area contributed by atoms with E-state index in [4.69, 9.17) is 4.74 Å². The maximum atomic E-state index is 13.0. The molecule has 1 aromatic rings. The quantitative estimate of drug-likeness (QED) is 0.829. The van der Waals surface area contributed by atoms with Crippen LogP contribution in [0.1, 0.15) is 22.3 Å². The van der Waals surface area contributed by atoms with Crippen LogP contribution in [-0.4, -0.2) is 74.8 Å². The third-order valence-corrected chi connectivity index (χ3v) is 7.05. The van der Waals surface area contributed by atoms with Crippen LogP contribution < -0.4 is 4.74 Å². The maximum absolute atomic E-state index is 13.0. The van der Waals surface area contributed by atoms with Crippen molar-refractivity contribution < 1.29 is 23.1 Å². The van der Waals surface area contributed by atoms with Gasteiger partial charge in [0.25, 0.3) is 5.91 Å². The Kier molecular flexibility index (Phi) is 5.02. The molecule has 0 bridgehead atoms. The highest BCUT2D eigenvalue weighted by atomic mass is 32.2. The molecule has 2 atom stereocenters. The number of aliphatic hydroxyl groups excluding tert-OH is 1. The van der Waals surface area contributed by atoms with E-state index in [2.05, 4.69) is 0 Å². The van der Waals surface area contributed by atoms with Crippen LogP contribution in [0.2, 0.25) is 0 Å². The van der Waals surface area contributed by atoms with Gasteiger partial charge in [-0.15, -0.1) is 0 Å². The first-order chi connectivity index (χ1) is 12.2. The number of rotatable bonds is 4. The number of aryl methyl sites for hydroxylation is 1. The predicted octanol–water partition coefficient (Wildman–Crippen LogP) is 0.720. The number of likely N-dealkylation sites (tertiary alicyclic amines) is 1. The zero-order valence-corrected chi connectivity index (χ0v) is 16.3. The Labute approximate surface area is 154 Å². The van der Waals surface area contributed by atoms with Crippen LogP contribution in [0.3, 0.4) is 0 Å². The first-order valence-corrected chi connectivity index (χ1v) is 10.5. The van der Waals surface area contributed by atoms with Gasteiger partial charge < -0.3 is 14.7 Å². The molecule has 3 rings (SSSR count). The number of methoxy groups -OCH3 is 1. The molecule has 2 aliphatic heterocycles. The summed E-state index contributed by atoms with van der Waals surface area (Å²) in [4.78, 5) is 14.7. The van der Waals surface area contributed by atoms with Gasteiger partial charge in [-0.25, -0.2) is 12.7 Å². The molecule has 1 amide bonds. The molecule has 0 radical (unpaired) electrons. The fraction of sp³-hybridized carbons (Fsp3) is 0.611. The minimum absolute atomic E-state index is 0.0570. The number of nitrogens with zero attached hydrogens (tertiary/aromatic N) is 2.